The zero-order valence-electron chi connectivity index (χ0n) is 11.6. The standard InChI is InChI=1S/C16H17FN2O/c1-3-6-12-7-4-5-8-15(12)20-16-13(10-18-2)9-14(17)11-19-16/h3-9,11,18H,10H2,1-2H3/b6-3+. The minimum Gasteiger partial charge on any atom is -0.438 e. The minimum atomic E-state index is -0.371. The lowest BCUT2D eigenvalue weighted by molar-refractivity contribution is 0.449. The van der Waals surface area contributed by atoms with Gasteiger partial charge in [-0.2, -0.15) is 0 Å². The lowest BCUT2D eigenvalue weighted by Crippen LogP contribution is -2.08. The summed E-state index contributed by atoms with van der Waals surface area (Å²) < 4.78 is 19.1. The third kappa shape index (κ3) is 3.42. The molecule has 0 amide bonds. The van der Waals surface area contributed by atoms with Gasteiger partial charge in [-0.1, -0.05) is 30.4 Å². The van der Waals surface area contributed by atoms with E-state index in [0.717, 1.165) is 11.8 Å². The van der Waals surface area contributed by atoms with Gasteiger partial charge in [-0.05, 0) is 26.1 Å². The summed E-state index contributed by atoms with van der Waals surface area (Å²) in [4.78, 5) is 4.03. The summed E-state index contributed by atoms with van der Waals surface area (Å²) in [6.45, 7) is 2.44. The number of hydrogen-bond acceptors (Lipinski definition) is 3. The SMILES string of the molecule is C/C=C/c1ccccc1Oc1ncc(F)cc1CNC. The summed E-state index contributed by atoms with van der Waals surface area (Å²) in [5.74, 6) is 0.740. The number of para-hydroxylation sites is 1. The molecule has 1 aromatic carbocycles. The van der Waals surface area contributed by atoms with Gasteiger partial charge in [0.1, 0.15) is 11.6 Å². The van der Waals surface area contributed by atoms with Crippen molar-refractivity contribution in [1.82, 2.24) is 10.3 Å². The molecule has 1 N–H and O–H groups in total. The lowest BCUT2D eigenvalue weighted by atomic mass is 10.2. The molecular weight excluding hydrogens is 255 g/mol. The molecule has 0 bridgehead atoms. The van der Waals surface area contributed by atoms with Crippen molar-refractivity contribution >= 4 is 6.08 Å². The first-order valence-electron chi connectivity index (χ1n) is 6.43. The Hall–Kier alpha value is -2.20. The van der Waals surface area contributed by atoms with E-state index in [2.05, 4.69) is 10.3 Å². The smallest absolute Gasteiger partial charge is 0.223 e. The molecule has 20 heavy (non-hydrogen) atoms. The zero-order chi connectivity index (χ0) is 14.4. The van der Waals surface area contributed by atoms with Crippen molar-refractivity contribution < 1.29 is 9.13 Å². The van der Waals surface area contributed by atoms with Gasteiger partial charge in [-0.15, -0.1) is 0 Å². The quantitative estimate of drug-likeness (QED) is 0.899. The van der Waals surface area contributed by atoms with Gasteiger partial charge in [0.2, 0.25) is 5.88 Å². The van der Waals surface area contributed by atoms with Gasteiger partial charge in [0.25, 0.3) is 0 Å². The van der Waals surface area contributed by atoms with Crippen LogP contribution in [0.2, 0.25) is 0 Å². The highest BCUT2D eigenvalue weighted by molar-refractivity contribution is 5.57. The Bertz CT molecular complexity index is 611. The first kappa shape index (κ1) is 14.2. The van der Waals surface area contributed by atoms with Gasteiger partial charge in [-0.25, -0.2) is 9.37 Å². The van der Waals surface area contributed by atoms with E-state index in [1.165, 1.54) is 6.07 Å². The Morgan fingerprint density at radius 1 is 1.35 bits per heavy atom. The monoisotopic (exact) mass is 272 g/mol. The van der Waals surface area contributed by atoms with Gasteiger partial charge in [0.15, 0.2) is 0 Å². The number of ether oxygens (including phenoxy) is 1. The normalized spacial score (nSPS) is 10.9. The summed E-state index contributed by atoms with van der Waals surface area (Å²) in [6, 6.07) is 9.08. The van der Waals surface area contributed by atoms with Crippen LogP contribution in [0.5, 0.6) is 11.6 Å². The van der Waals surface area contributed by atoms with Crippen LogP contribution in [0.1, 0.15) is 18.1 Å². The third-order valence-corrected chi connectivity index (χ3v) is 2.73. The summed E-state index contributed by atoms with van der Waals surface area (Å²) in [5, 5.41) is 2.98. The van der Waals surface area contributed by atoms with Gasteiger partial charge in [0.05, 0.1) is 6.20 Å². The molecule has 4 heteroatoms. The van der Waals surface area contributed by atoms with Crippen LogP contribution in [0.3, 0.4) is 0 Å². The van der Waals surface area contributed by atoms with E-state index in [0.29, 0.717) is 23.7 Å². The van der Waals surface area contributed by atoms with E-state index in [1.807, 2.05) is 43.3 Å². The predicted molar refractivity (Wildman–Crippen MR) is 78.2 cm³/mol. The lowest BCUT2D eigenvalue weighted by Gasteiger charge is -2.11. The summed E-state index contributed by atoms with van der Waals surface area (Å²) in [7, 11) is 1.79. The summed E-state index contributed by atoms with van der Waals surface area (Å²) in [5.41, 5.74) is 1.64. The Morgan fingerprint density at radius 3 is 2.90 bits per heavy atom. The van der Waals surface area contributed by atoms with Gasteiger partial charge >= 0.3 is 0 Å². The summed E-state index contributed by atoms with van der Waals surface area (Å²) in [6.07, 6.45) is 5.05. The average molecular weight is 272 g/mol. The molecule has 2 rings (SSSR count). The molecule has 3 nitrogen and oxygen atoms in total. The average Bonchev–Trinajstić information content (AvgIpc) is 2.44. The Labute approximate surface area is 118 Å². The Kier molecular flexibility index (Phi) is 4.85. The van der Waals surface area contributed by atoms with Gasteiger partial charge in [0, 0.05) is 17.7 Å². The number of pyridine rings is 1. The maximum atomic E-state index is 13.3. The first-order chi connectivity index (χ1) is 9.74. The Morgan fingerprint density at radius 2 is 2.15 bits per heavy atom. The molecule has 0 fully saturated rings. The van der Waals surface area contributed by atoms with Crippen molar-refractivity contribution in [2.75, 3.05) is 7.05 Å². The number of hydrogen-bond donors (Lipinski definition) is 1. The molecule has 0 atom stereocenters. The predicted octanol–water partition coefficient (Wildman–Crippen LogP) is 3.77. The van der Waals surface area contributed by atoms with Crippen LogP contribution in [-0.2, 0) is 6.54 Å². The molecule has 0 radical (unpaired) electrons. The van der Waals surface area contributed by atoms with Crippen LogP contribution < -0.4 is 10.1 Å². The third-order valence-electron chi connectivity index (χ3n) is 2.73. The van der Waals surface area contributed by atoms with E-state index in [1.54, 1.807) is 7.05 Å². The van der Waals surface area contributed by atoms with Crippen LogP contribution in [0.4, 0.5) is 4.39 Å². The minimum absolute atomic E-state index is 0.371. The number of nitrogens with zero attached hydrogens (tertiary/aromatic N) is 1. The van der Waals surface area contributed by atoms with Crippen LogP contribution >= 0.6 is 0 Å². The van der Waals surface area contributed by atoms with Crippen molar-refractivity contribution in [2.45, 2.75) is 13.5 Å². The number of aromatic nitrogens is 1. The number of allylic oxidation sites excluding steroid dienone is 1. The number of rotatable bonds is 5. The van der Waals surface area contributed by atoms with Crippen LogP contribution in [0.25, 0.3) is 6.08 Å². The van der Waals surface area contributed by atoms with E-state index in [-0.39, 0.29) is 5.82 Å². The van der Waals surface area contributed by atoms with E-state index in [9.17, 15) is 4.39 Å². The molecular formula is C16H17FN2O. The molecule has 0 aliphatic carbocycles. The van der Waals surface area contributed by atoms with E-state index < -0.39 is 0 Å². The fourth-order valence-corrected chi connectivity index (χ4v) is 1.87. The van der Waals surface area contributed by atoms with Crippen molar-refractivity contribution in [1.29, 1.82) is 0 Å². The molecule has 0 aliphatic heterocycles. The van der Waals surface area contributed by atoms with E-state index in [4.69, 9.17) is 4.74 Å². The van der Waals surface area contributed by atoms with Crippen molar-refractivity contribution in [3.8, 4) is 11.6 Å². The second kappa shape index (κ2) is 6.82. The number of benzene rings is 1. The highest BCUT2D eigenvalue weighted by Gasteiger charge is 2.09. The van der Waals surface area contributed by atoms with Gasteiger partial charge in [-0.3, -0.25) is 0 Å². The zero-order valence-corrected chi connectivity index (χ0v) is 11.6. The van der Waals surface area contributed by atoms with Crippen LogP contribution in [-0.4, -0.2) is 12.0 Å². The second-order valence-electron chi connectivity index (χ2n) is 4.29. The fraction of sp³-hybridized carbons (Fsp3) is 0.188. The van der Waals surface area contributed by atoms with Crippen LogP contribution in [0.15, 0.2) is 42.6 Å². The highest BCUT2D eigenvalue weighted by Crippen LogP contribution is 2.27. The van der Waals surface area contributed by atoms with Crippen molar-refractivity contribution in [3.05, 3.63) is 59.5 Å². The molecule has 2 aromatic rings. The highest BCUT2D eigenvalue weighted by atomic mass is 19.1. The molecule has 0 spiro atoms. The molecule has 0 saturated heterocycles. The second-order valence-corrected chi connectivity index (χ2v) is 4.29. The Balaban J connectivity index is 2.34. The summed E-state index contributed by atoms with van der Waals surface area (Å²) >= 11 is 0. The maximum absolute atomic E-state index is 13.3. The van der Waals surface area contributed by atoms with Crippen LogP contribution in [0, 0.1) is 5.82 Å². The molecule has 0 aliphatic rings. The van der Waals surface area contributed by atoms with E-state index >= 15 is 0 Å². The maximum Gasteiger partial charge on any atom is 0.223 e. The van der Waals surface area contributed by atoms with Gasteiger partial charge < -0.3 is 10.1 Å². The molecule has 1 heterocycles. The first-order valence-corrected chi connectivity index (χ1v) is 6.43. The number of nitrogens with one attached hydrogen (secondary N) is 1. The molecule has 0 saturated carbocycles. The molecule has 1 aromatic heterocycles. The molecule has 104 valence electrons. The van der Waals surface area contributed by atoms with Crippen molar-refractivity contribution in [2.24, 2.45) is 0 Å². The largest absolute Gasteiger partial charge is 0.438 e. The molecule has 0 unspecified atom stereocenters. The topological polar surface area (TPSA) is 34.1 Å². The van der Waals surface area contributed by atoms with Crippen molar-refractivity contribution in [3.63, 3.8) is 0 Å². The fourth-order valence-electron chi connectivity index (χ4n) is 1.87. The number of halogens is 1.